The number of aliphatic hydroxyl groups excluding tert-OH is 1. The summed E-state index contributed by atoms with van der Waals surface area (Å²) in [4.78, 5) is 11.5. The van der Waals surface area contributed by atoms with Gasteiger partial charge in [0.15, 0.2) is 0 Å². The number of aliphatic hydroxyl groups is 2. The standard InChI is InChI=1S/C10H20N2O4/c1-10(15,7-13)6-12-9(14)4-8-5-16-3-2-11-8/h8,11,13,15H,2-7H2,1H3,(H,12,14). The molecule has 6 nitrogen and oxygen atoms in total. The summed E-state index contributed by atoms with van der Waals surface area (Å²) in [6.07, 6.45) is 0.321. The molecule has 0 aromatic heterocycles. The maximum atomic E-state index is 11.5. The Labute approximate surface area is 95.0 Å². The molecular formula is C10H20N2O4. The molecule has 2 unspecified atom stereocenters. The normalized spacial score (nSPS) is 24.8. The second-order valence-corrected chi connectivity index (χ2v) is 4.36. The van der Waals surface area contributed by atoms with Crippen LogP contribution in [-0.4, -0.2) is 60.7 Å². The zero-order valence-electron chi connectivity index (χ0n) is 9.53. The van der Waals surface area contributed by atoms with Crippen LogP contribution in [-0.2, 0) is 9.53 Å². The average molecular weight is 232 g/mol. The van der Waals surface area contributed by atoms with Crippen LogP contribution in [0.15, 0.2) is 0 Å². The lowest BCUT2D eigenvalue weighted by Gasteiger charge is -2.24. The van der Waals surface area contributed by atoms with Crippen LogP contribution in [0.1, 0.15) is 13.3 Å². The Balaban J connectivity index is 2.19. The van der Waals surface area contributed by atoms with Gasteiger partial charge in [-0.3, -0.25) is 4.79 Å². The molecule has 0 saturated carbocycles. The SMILES string of the molecule is CC(O)(CO)CNC(=O)CC1COCCN1. The van der Waals surface area contributed by atoms with Crippen LogP contribution in [0.5, 0.6) is 0 Å². The molecule has 0 aromatic rings. The van der Waals surface area contributed by atoms with E-state index in [0.717, 1.165) is 6.54 Å². The van der Waals surface area contributed by atoms with Gasteiger partial charge >= 0.3 is 0 Å². The van der Waals surface area contributed by atoms with E-state index < -0.39 is 5.60 Å². The molecule has 1 heterocycles. The predicted octanol–water partition coefficient (Wildman–Crippen LogP) is -1.78. The summed E-state index contributed by atoms with van der Waals surface area (Å²) in [5.74, 6) is -0.156. The van der Waals surface area contributed by atoms with E-state index in [1.165, 1.54) is 6.92 Å². The molecule has 0 spiro atoms. The first kappa shape index (κ1) is 13.4. The first-order valence-electron chi connectivity index (χ1n) is 5.44. The first-order valence-corrected chi connectivity index (χ1v) is 5.44. The van der Waals surface area contributed by atoms with Crippen molar-refractivity contribution in [3.05, 3.63) is 0 Å². The maximum absolute atomic E-state index is 11.5. The van der Waals surface area contributed by atoms with Gasteiger partial charge in [0.1, 0.15) is 5.60 Å². The van der Waals surface area contributed by atoms with Gasteiger partial charge < -0.3 is 25.6 Å². The molecule has 0 radical (unpaired) electrons. The summed E-state index contributed by atoms with van der Waals surface area (Å²) in [6.45, 7) is 3.11. The highest BCUT2D eigenvalue weighted by Crippen LogP contribution is 2.01. The van der Waals surface area contributed by atoms with E-state index >= 15 is 0 Å². The van der Waals surface area contributed by atoms with Crippen molar-refractivity contribution in [1.82, 2.24) is 10.6 Å². The Hall–Kier alpha value is -0.690. The van der Waals surface area contributed by atoms with Gasteiger partial charge in [0.05, 0.1) is 19.8 Å². The number of rotatable bonds is 5. The maximum Gasteiger partial charge on any atom is 0.221 e. The number of ether oxygens (including phenoxy) is 1. The largest absolute Gasteiger partial charge is 0.393 e. The van der Waals surface area contributed by atoms with Crippen molar-refractivity contribution >= 4 is 5.91 Å². The third kappa shape index (κ3) is 4.89. The molecular weight excluding hydrogens is 212 g/mol. The molecule has 16 heavy (non-hydrogen) atoms. The number of hydrogen-bond donors (Lipinski definition) is 4. The fourth-order valence-corrected chi connectivity index (χ4v) is 1.39. The first-order chi connectivity index (χ1) is 7.53. The van der Waals surface area contributed by atoms with E-state index in [9.17, 15) is 9.90 Å². The monoisotopic (exact) mass is 232 g/mol. The minimum absolute atomic E-state index is 0.0350. The molecule has 1 amide bonds. The van der Waals surface area contributed by atoms with Gasteiger partial charge in [-0.2, -0.15) is 0 Å². The van der Waals surface area contributed by atoms with Crippen molar-refractivity contribution in [2.24, 2.45) is 0 Å². The summed E-state index contributed by atoms with van der Waals surface area (Å²) in [5, 5.41) is 24.0. The van der Waals surface area contributed by atoms with Gasteiger partial charge in [-0.1, -0.05) is 0 Å². The van der Waals surface area contributed by atoms with Gasteiger partial charge in [-0.15, -0.1) is 0 Å². The van der Waals surface area contributed by atoms with Crippen LogP contribution < -0.4 is 10.6 Å². The molecule has 1 fully saturated rings. The molecule has 1 saturated heterocycles. The van der Waals surface area contributed by atoms with E-state index in [1.807, 2.05) is 0 Å². The topological polar surface area (TPSA) is 90.8 Å². The van der Waals surface area contributed by atoms with E-state index in [1.54, 1.807) is 0 Å². The van der Waals surface area contributed by atoms with Crippen molar-refractivity contribution in [2.45, 2.75) is 25.0 Å². The Morgan fingerprint density at radius 2 is 2.44 bits per heavy atom. The number of carbonyl (C=O) groups is 1. The van der Waals surface area contributed by atoms with Crippen LogP contribution in [0.25, 0.3) is 0 Å². The van der Waals surface area contributed by atoms with Gasteiger partial charge in [0.25, 0.3) is 0 Å². The zero-order chi connectivity index (χ0) is 12.0. The predicted molar refractivity (Wildman–Crippen MR) is 57.9 cm³/mol. The minimum atomic E-state index is -1.26. The molecule has 1 rings (SSSR count). The van der Waals surface area contributed by atoms with Gasteiger partial charge in [-0.25, -0.2) is 0 Å². The number of carbonyl (C=O) groups excluding carboxylic acids is 1. The van der Waals surface area contributed by atoms with Gasteiger partial charge in [0.2, 0.25) is 5.91 Å². The number of morpholine rings is 1. The van der Waals surface area contributed by atoms with Crippen LogP contribution in [0, 0.1) is 0 Å². The molecule has 0 bridgehead atoms. The zero-order valence-corrected chi connectivity index (χ0v) is 9.53. The Morgan fingerprint density at radius 1 is 1.69 bits per heavy atom. The van der Waals surface area contributed by atoms with E-state index in [-0.39, 0.29) is 25.1 Å². The van der Waals surface area contributed by atoms with Crippen LogP contribution >= 0.6 is 0 Å². The van der Waals surface area contributed by atoms with Crippen LogP contribution in [0.3, 0.4) is 0 Å². The smallest absolute Gasteiger partial charge is 0.221 e. The van der Waals surface area contributed by atoms with E-state index in [2.05, 4.69) is 10.6 Å². The Bertz CT molecular complexity index is 227. The average Bonchev–Trinajstić information content (AvgIpc) is 2.28. The van der Waals surface area contributed by atoms with Crippen LogP contribution in [0.4, 0.5) is 0 Å². The summed E-state index contributed by atoms with van der Waals surface area (Å²) in [5.41, 5.74) is -1.26. The van der Waals surface area contributed by atoms with Crippen LogP contribution in [0.2, 0.25) is 0 Å². The lowest BCUT2D eigenvalue weighted by Crippen LogP contribution is -2.47. The summed E-state index contributed by atoms with van der Waals surface area (Å²) in [7, 11) is 0. The highest BCUT2D eigenvalue weighted by molar-refractivity contribution is 5.76. The molecule has 2 atom stereocenters. The van der Waals surface area contributed by atoms with Crippen molar-refractivity contribution < 1.29 is 19.7 Å². The lowest BCUT2D eigenvalue weighted by molar-refractivity contribution is -0.123. The van der Waals surface area contributed by atoms with E-state index in [4.69, 9.17) is 9.84 Å². The molecule has 4 N–H and O–H groups in total. The summed E-state index contributed by atoms with van der Waals surface area (Å²) < 4.78 is 5.22. The fraction of sp³-hybridized carbons (Fsp3) is 0.900. The van der Waals surface area contributed by atoms with E-state index in [0.29, 0.717) is 19.6 Å². The molecule has 0 aliphatic carbocycles. The Morgan fingerprint density at radius 3 is 3.00 bits per heavy atom. The molecule has 1 aliphatic heterocycles. The number of hydrogen-bond acceptors (Lipinski definition) is 5. The quantitative estimate of drug-likeness (QED) is 0.450. The van der Waals surface area contributed by atoms with Gasteiger partial charge in [0, 0.05) is 25.6 Å². The Kier molecular flexibility index (Phi) is 5.14. The molecule has 6 heteroatoms. The van der Waals surface area contributed by atoms with Gasteiger partial charge in [-0.05, 0) is 6.92 Å². The second kappa shape index (κ2) is 6.15. The highest BCUT2D eigenvalue weighted by atomic mass is 16.5. The minimum Gasteiger partial charge on any atom is -0.393 e. The van der Waals surface area contributed by atoms with Crippen molar-refractivity contribution in [3.8, 4) is 0 Å². The second-order valence-electron chi connectivity index (χ2n) is 4.36. The molecule has 0 aromatic carbocycles. The number of amides is 1. The summed E-state index contributed by atoms with van der Waals surface area (Å²) >= 11 is 0. The van der Waals surface area contributed by atoms with Crippen molar-refractivity contribution in [3.63, 3.8) is 0 Å². The lowest BCUT2D eigenvalue weighted by atomic mass is 10.1. The molecule has 94 valence electrons. The third-order valence-corrected chi connectivity index (χ3v) is 2.44. The molecule has 1 aliphatic rings. The van der Waals surface area contributed by atoms with Crippen molar-refractivity contribution in [1.29, 1.82) is 0 Å². The highest BCUT2D eigenvalue weighted by Gasteiger charge is 2.21. The summed E-state index contributed by atoms with van der Waals surface area (Å²) in [6, 6.07) is 0.0350. The fourth-order valence-electron chi connectivity index (χ4n) is 1.39. The number of nitrogens with one attached hydrogen (secondary N) is 2. The van der Waals surface area contributed by atoms with Crippen molar-refractivity contribution in [2.75, 3.05) is 32.9 Å². The third-order valence-electron chi connectivity index (χ3n) is 2.44.